The Kier molecular flexibility index (Phi) is 7.36. The predicted molar refractivity (Wildman–Crippen MR) is 119 cm³/mol. The van der Waals surface area contributed by atoms with Crippen molar-refractivity contribution in [3.63, 3.8) is 0 Å². The van der Waals surface area contributed by atoms with E-state index in [1.807, 2.05) is 35.3 Å². The molecule has 0 heterocycles. The average molecular weight is 579 g/mol. The van der Waals surface area contributed by atoms with E-state index in [4.69, 9.17) is 0 Å². The van der Waals surface area contributed by atoms with Crippen molar-refractivity contribution in [3.05, 3.63) is 72.8 Å². The molecule has 0 unspecified atom stereocenters. The second-order valence-corrected chi connectivity index (χ2v) is 16.7. The molecule has 0 aromatic heterocycles. The molecule has 0 radical (unpaired) electrons. The van der Waals surface area contributed by atoms with Crippen LogP contribution in [0, 0.1) is 0 Å². The Hall–Kier alpha value is -0.407. The van der Waals surface area contributed by atoms with E-state index in [2.05, 4.69) is 91.6 Å². The molecule has 3 rings (SSSR count). The van der Waals surface area contributed by atoms with Crippen LogP contribution in [-0.2, 0) is 0 Å². The molecular formula is C21H21BiS3. The van der Waals surface area contributed by atoms with Crippen molar-refractivity contribution in [3.8, 4) is 0 Å². The van der Waals surface area contributed by atoms with Gasteiger partial charge < -0.3 is 0 Å². The molecule has 0 aliphatic carbocycles. The predicted octanol–water partition coefficient (Wildman–Crippen LogP) is 4.37. The van der Waals surface area contributed by atoms with E-state index >= 15 is 0 Å². The molecule has 0 saturated heterocycles. The molecule has 0 amide bonds. The van der Waals surface area contributed by atoms with Crippen LogP contribution in [0.15, 0.2) is 87.5 Å². The van der Waals surface area contributed by atoms with Crippen molar-refractivity contribution >= 4 is 66.9 Å². The fraction of sp³-hybridized carbons (Fsp3) is 0.143. The summed E-state index contributed by atoms with van der Waals surface area (Å²) < 4.78 is 4.63. The van der Waals surface area contributed by atoms with Crippen LogP contribution in [-0.4, -0.2) is 40.5 Å². The van der Waals surface area contributed by atoms with Gasteiger partial charge in [-0.05, 0) is 0 Å². The Balaban J connectivity index is 2.04. The zero-order chi connectivity index (χ0) is 17.6. The van der Waals surface area contributed by atoms with Crippen LogP contribution in [0.5, 0.6) is 0 Å². The monoisotopic (exact) mass is 578 g/mol. The number of hydrogen-bond acceptors (Lipinski definition) is 3. The van der Waals surface area contributed by atoms with Crippen LogP contribution in [0.25, 0.3) is 0 Å². The molecule has 0 nitrogen and oxygen atoms in total. The first-order valence-electron chi connectivity index (χ1n) is 7.97. The second-order valence-electron chi connectivity index (χ2n) is 5.43. The number of benzene rings is 3. The van der Waals surface area contributed by atoms with Gasteiger partial charge in [0.25, 0.3) is 0 Å². The van der Waals surface area contributed by atoms with Crippen molar-refractivity contribution in [1.29, 1.82) is 0 Å². The SMILES string of the molecule is CSc1cc[c]([Bi]([c]2ccc(SC)cc2)[c]2ccc(SC)cc2)cc1. The van der Waals surface area contributed by atoms with Gasteiger partial charge in [0.2, 0.25) is 0 Å². The minimum absolute atomic E-state index is 1.34. The fourth-order valence-electron chi connectivity index (χ4n) is 2.64. The van der Waals surface area contributed by atoms with Crippen molar-refractivity contribution in [1.82, 2.24) is 0 Å². The first kappa shape index (κ1) is 19.4. The van der Waals surface area contributed by atoms with E-state index in [0.29, 0.717) is 0 Å². The summed E-state index contributed by atoms with van der Waals surface area (Å²) in [5.41, 5.74) is 0. The molecule has 3 aromatic rings. The van der Waals surface area contributed by atoms with Gasteiger partial charge in [-0.1, -0.05) is 0 Å². The van der Waals surface area contributed by atoms with Gasteiger partial charge in [-0.2, -0.15) is 0 Å². The summed E-state index contributed by atoms with van der Waals surface area (Å²) in [5.74, 6) is 0. The molecule has 0 bridgehead atoms. The molecule has 128 valence electrons. The Morgan fingerprint density at radius 1 is 0.440 bits per heavy atom. The van der Waals surface area contributed by atoms with Crippen LogP contribution >= 0.6 is 35.3 Å². The van der Waals surface area contributed by atoms with Crippen molar-refractivity contribution < 1.29 is 0 Å². The first-order valence-corrected chi connectivity index (χ1v) is 16.9. The maximum atomic E-state index is 2.36. The molecule has 0 aliphatic heterocycles. The van der Waals surface area contributed by atoms with Gasteiger partial charge in [0.1, 0.15) is 0 Å². The van der Waals surface area contributed by atoms with Crippen LogP contribution in [0.1, 0.15) is 0 Å². The van der Waals surface area contributed by atoms with Gasteiger partial charge in [-0.3, -0.25) is 0 Å². The Morgan fingerprint density at radius 2 is 0.680 bits per heavy atom. The van der Waals surface area contributed by atoms with E-state index in [1.54, 1.807) is 9.81 Å². The average Bonchev–Trinajstić information content (AvgIpc) is 2.70. The normalized spacial score (nSPS) is 11.0. The van der Waals surface area contributed by atoms with E-state index < -0.39 is 21.8 Å². The zero-order valence-corrected chi connectivity index (χ0v) is 20.5. The summed E-state index contributed by atoms with van der Waals surface area (Å²) in [6.07, 6.45) is 6.41. The molecule has 0 N–H and O–H groups in total. The third-order valence-electron chi connectivity index (χ3n) is 3.99. The summed E-state index contributed by atoms with van der Waals surface area (Å²) in [6.45, 7) is 0. The Bertz CT molecular complexity index is 683. The van der Waals surface area contributed by atoms with Crippen molar-refractivity contribution in [2.24, 2.45) is 0 Å². The van der Waals surface area contributed by atoms with E-state index in [-0.39, 0.29) is 0 Å². The van der Waals surface area contributed by atoms with Gasteiger partial charge in [-0.25, -0.2) is 0 Å². The molecule has 0 saturated carbocycles. The topological polar surface area (TPSA) is 0 Å². The number of thioether (sulfide) groups is 3. The van der Waals surface area contributed by atoms with E-state index in [0.717, 1.165) is 0 Å². The Morgan fingerprint density at radius 3 is 0.880 bits per heavy atom. The van der Waals surface area contributed by atoms with Crippen LogP contribution in [0.3, 0.4) is 0 Å². The third kappa shape index (κ3) is 4.86. The van der Waals surface area contributed by atoms with E-state index in [9.17, 15) is 0 Å². The van der Waals surface area contributed by atoms with Gasteiger partial charge in [0, 0.05) is 0 Å². The van der Waals surface area contributed by atoms with Crippen LogP contribution in [0.2, 0.25) is 0 Å². The zero-order valence-electron chi connectivity index (χ0n) is 14.6. The van der Waals surface area contributed by atoms with Gasteiger partial charge in [0.15, 0.2) is 0 Å². The van der Waals surface area contributed by atoms with Gasteiger partial charge in [0.05, 0.1) is 0 Å². The van der Waals surface area contributed by atoms with Crippen LogP contribution < -0.4 is 9.81 Å². The Labute approximate surface area is 171 Å². The molecule has 3 aromatic carbocycles. The summed E-state index contributed by atoms with van der Waals surface area (Å²) >= 11 is 3.20. The number of hydrogen-bond donors (Lipinski definition) is 0. The summed E-state index contributed by atoms with van der Waals surface area (Å²) in [6, 6.07) is 27.8. The third-order valence-corrected chi connectivity index (χ3v) is 15.7. The maximum absolute atomic E-state index is 2.36. The van der Waals surface area contributed by atoms with Gasteiger partial charge >= 0.3 is 173 Å². The van der Waals surface area contributed by atoms with Gasteiger partial charge in [-0.15, -0.1) is 0 Å². The standard InChI is InChI=1S/3C7H7S.Bi/c3*1-8-7-5-3-2-4-6-7;/h3*3-6H,1H3;. The molecule has 0 fully saturated rings. The molecule has 25 heavy (non-hydrogen) atoms. The fourth-order valence-corrected chi connectivity index (χ4v) is 12.6. The molecular weight excluding hydrogens is 557 g/mol. The second kappa shape index (κ2) is 9.51. The van der Waals surface area contributed by atoms with Crippen LogP contribution in [0.4, 0.5) is 0 Å². The molecule has 0 aliphatic rings. The summed E-state index contributed by atoms with van der Waals surface area (Å²) in [5, 5.41) is 0. The molecule has 4 heteroatoms. The summed E-state index contributed by atoms with van der Waals surface area (Å²) in [7, 11) is 0. The molecule has 0 atom stereocenters. The van der Waals surface area contributed by atoms with Crippen molar-refractivity contribution in [2.45, 2.75) is 14.7 Å². The quantitative estimate of drug-likeness (QED) is 0.315. The number of rotatable bonds is 6. The molecule has 0 spiro atoms. The minimum atomic E-state index is -2.22. The van der Waals surface area contributed by atoms with E-state index in [1.165, 1.54) is 14.7 Å². The van der Waals surface area contributed by atoms with Crippen molar-refractivity contribution in [2.75, 3.05) is 18.8 Å². The first-order chi connectivity index (χ1) is 12.2. The summed E-state index contributed by atoms with van der Waals surface area (Å²) in [4.78, 5) is 4.01.